The molecule has 0 bridgehead atoms. The number of carbonyl (C=O) groups is 1. The number of aliphatic hydroxyl groups excluding tert-OH is 2. The van der Waals surface area contributed by atoms with Gasteiger partial charge in [0.2, 0.25) is 5.91 Å². The van der Waals surface area contributed by atoms with E-state index in [0.717, 1.165) is 0 Å². The molecule has 7 nitrogen and oxygen atoms in total. The molecule has 18 heavy (non-hydrogen) atoms. The number of carbonyl (C=O) groups excluding carboxylic acids is 1. The van der Waals surface area contributed by atoms with E-state index in [1.807, 2.05) is 0 Å². The number of nitrogens with one attached hydrogen (secondary N) is 1. The van der Waals surface area contributed by atoms with Gasteiger partial charge in [-0.3, -0.25) is 9.59 Å². The minimum Gasteiger partial charge on any atom is -0.385 e. The number of hydrogen-bond acceptors (Lipinski definition) is 5. The van der Waals surface area contributed by atoms with Crippen LogP contribution in [0, 0.1) is 0 Å². The molecule has 0 saturated heterocycles. The third kappa shape index (κ3) is 2.08. The van der Waals surface area contributed by atoms with Gasteiger partial charge in [-0.2, -0.15) is 0 Å². The Morgan fingerprint density at radius 3 is 2.78 bits per heavy atom. The summed E-state index contributed by atoms with van der Waals surface area (Å²) in [6.45, 7) is 0. The monoisotopic (exact) mass is 249 g/mol. The predicted octanol–water partition coefficient (Wildman–Crippen LogP) is -1.20. The summed E-state index contributed by atoms with van der Waals surface area (Å²) in [7, 11) is 0. The summed E-state index contributed by atoms with van der Waals surface area (Å²) in [4.78, 5) is 28.5. The minimum absolute atomic E-state index is 0.256. The normalized spacial score (nSPS) is 14.3. The summed E-state index contributed by atoms with van der Waals surface area (Å²) in [6.07, 6.45) is -1.93. The number of fused-ring (bicyclic) bond motifs is 1. The van der Waals surface area contributed by atoms with Crippen LogP contribution >= 0.6 is 0 Å². The molecule has 1 aromatic carbocycles. The zero-order chi connectivity index (χ0) is 13.3. The summed E-state index contributed by atoms with van der Waals surface area (Å²) < 4.78 is 0. The van der Waals surface area contributed by atoms with Crippen LogP contribution in [0.3, 0.4) is 0 Å². The molecule has 2 atom stereocenters. The number of aliphatic hydroxyl groups is 2. The molecule has 0 spiro atoms. The van der Waals surface area contributed by atoms with Crippen LogP contribution in [0.1, 0.15) is 11.7 Å². The van der Waals surface area contributed by atoms with Crippen molar-refractivity contribution in [2.45, 2.75) is 12.2 Å². The van der Waals surface area contributed by atoms with Gasteiger partial charge in [-0.25, -0.2) is 4.98 Å². The zero-order valence-electron chi connectivity index (χ0n) is 9.20. The van der Waals surface area contributed by atoms with Crippen LogP contribution in [0.4, 0.5) is 0 Å². The van der Waals surface area contributed by atoms with E-state index in [4.69, 9.17) is 5.73 Å². The molecule has 0 radical (unpaired) electrons. The number of nitrogens with two attached hydrogens (primary N) is 1. The van der Waals surface area contributed by atoms with Crippen molar-refractivity contribution in [1.29, 1.82) is 0 Å². The Balaban J connectivity index is 2.48. The third-order valence-corrected chi connectivity index (χ3v) is 2.60. The van der Waals surface area contributed by atoms with E-state index in [-0.39, 0.29) is 11.1 Å². The van der Waals surface area contributed by atoms with Crippen LogP contribution in [0.25, 0.3) is 10.9 Å². The van der Waals surface area contributed by atoms with Crippen molar-refractivity contribution >= 4 is 16.8 Å². The predicted molar refractivity (Wildman–Crippen MR) is 62.5 cm³/mol. The average Bonchev–Trinajstić information content (AvgIpc) is 2.36. The Hall–Kier alpha value is -2.25. The molecule has 0 aliphatic carbocycles. The molecular weight excluding hydrogens is 238 g/mol. The van der Waals surface area contributed by atoms with Crippen LogP contribution in [-0.4, -0.2) is 32.2 Å². The summed E-state index contributed by atoms with van der Waals surface area (Å²) in [5.74, 6) is -1.03. The second kappa shape index (κ2) is 4.55. The minimum atomic E-state index is -1.70. The van der Waals surface area contributed by atoms with Gasteiger partial charge in [-0.1, -0.05) is 6.07 Å². The SMILES string of the molecule is NC(=O)C(O)C(O)c1ccc2c(=O)[nH]cnc2c1. The topological polar surface area (TPSA) is 129 Å². The smallest absolute Gasteiger partial charge is 0.258 e. The number of hydrogen-bond donors (Lipinski definition) is 4. The molecule has 0 saturated carbocycles. The molecule has 1 amide bonds. The van der Waals surface area contributed by atoms with Gasteiger partial charge in [0.15, 0.2) is 6.10 Å². The van der Waals surface area contributed by atoms with E-state index < -0.39 is 18.1 Å². The van der Waals surface area contributed by atoms with Gasteiger partial charge in [0, 0.05) is 0 Å². The van der Waals surface area contributed by atoms with Crippen molar-refractivity contribution < 1.29 is 15.0 Å². The first-order chi connectivity index (χ1) is 8.50. The average molecular weight is 249 g/mol. The second-order valence-electron chi connectivity index (χ2n) is 3.80. The van der Waals surface area contributed by atoms with Gasteiger partial charge in [-0.15, -0.1) is 0 Å². The second-order valence-corrected chi connectivity index (χ2v) is 3.80. The maximum Gasteiger partial charge on any atom is 0.258 e. The molecule has 1 heterocycles. The highest BCUT2D eigenvalue weighted by molar-refractivity contribution is 5.81. The molecule has 0 aliphatic heterocycles. The fraction of sp³-hybridized carbons (Fsp3) is 0.182. The zero-order valence-corrected chi connectivity index (χ0v) is 9.20. The van der Waals surface area contributed by atoms with E-state index in [0.29, 0.717) is 10.9 Å². The maximum atomic E-state index is 11.4. The Morgan fingerprint density at radius 2 is 2.11 bits per heavy atom. The van der Waals surface area contributed by atoms with Gasteiger partial charge in [0.05, 0.1) is 17.2 Å². The highest BCUT2D eigenvalue weighted by atomic mass is 16.3. The van der Waals surface area contributed by atoms with E-state index in [2.05, 4.69) is 9.97 Å². The number of nitrogens with zero attached hydrogens (tertiary/aromatic N) is 1. The lowest BCUT2D eigenvalue weighted by atomic mass is 10.0. The van der Waals surface area contributed by atoms with E-state index in [9.17, 15) is 19.8 Å². The van der Waals surface area contributed by atoms with Crippen molar-refractivity contribution in [3.8, 4) is 0 Å². The Kier molecular flexibility index (Phi) is 3.09. The summed E-state index contributed by atoms with van der Waals surface area (Å²) in [5, 5.41) is 19.4. The highest BCUT2D eigenvalue weighted by Crippen LogP contribution is 2.19. The fourth-order valence-electron chi connectivity index (χ4n) is 1.61. The maximum absolute atomic E-state index is 11.4. The quantitative estimate of drug-likeness (QED) is 0.543. The molecule has 0 aliphatic rings. The molecule has 2 unspecified atom stereocenters. The van der Waals surface area contributed by atoms with Crippen LogP contribution in [0.2, 0.25) is 0 Å². The van der Waals surface area contributed by atoms with Crippen molar-refractivity contribution in [3.05, 3.63) is 40.4 Å². The summed E-state index contributed by atoms with van der Waals surface area (Å²) in [5.41, 5.74) is 5.19. The molecule has 1 aromatic heterocycles. The first-order valence-electron chi connectivity index (χ1n) is 5.13. The number of amides is 1. The van der Waals surface area contributed by atoms with E-state index in [1.165, 1.54) is 24.5 Å². The van der Waals surface area contributed by atoms with Gasteiger partial charge < -0.3 is 20.9 Å². The number of rotatable bonds is 3. The van der Waals surface area contributed by atoms with Gasteiger partial charge >= 0.3 is 0 Å². The fourth-order valence-corrected chi connectivity index (χ4v) is 1.61. The summed E-state index contributed by atoms with van der Waals surface area (Å²) >= 11 is 0. The van der Waals surface area contributed by atoms with E-state index >= 15 is 0 Å². The molecule has 5 N–H and O–H groups in total. The van der Waals surface area contributed by atoms with Gasteiger partial charge in [0.25, 0.3) is 5.56 Å². The van der Waals surface area contributed by atoms with Crippen LogP contribution in [0.5, 0.6) is 0 Å². The number of H-pyrrole nitrogens is 1. The van der Waals surface area contributed by atoms with Gasteiger partial charge in [-0.05, 0) is 17.7 Å². The van der Waals surface area contributed by atoms with Crippen LogP contribution < -0.4 is 11.3 Å². The molecule has 0 fully saturated rings. The van der Waals surface area contributed by atoms with Crippen LogP contribution in [-0.2, 0) is 4.79 Å². The molecule has 2 rings (SSSR count). The van der Waals surface area contributed by atoms with Crippen molar-refractivity contribution in [2.75, 3.05) is 0 Å². The molecular formula is C11H11N3O4. The first kappa shape index (κ1) is 12.2. The Bertz CT molecular complexity index is 652. The first-order valence-corrected chi connectivity index (χ1v) is 5.13. The van der Waals surface area contributed by atoms with Crippen molar-refractivity contribution in [2.24, 2.45) is 5.73 Å². The number of aromatic nitrogens is 2. The lowest BCUT2D eigenvalue weighted by Gasteiger charge is -2.15. The molecule has 94 valence electrons. The molecule has 7 heteroatoms. The number of primary amides is 1. The van der Waals surface area contributed by atoms with Crippen LogP contribution in [0.15, 0.2) is 29.3 Å². The lowest BCUT2D eigenvalue weighted by Crippen LogP contribution is -2.33. The number of aromatic amines is 1. The summed E-state index contributed by atoms with van der Waals surface area (Å²) in [6, 6.07) is 4.30. The van der Waals surface area contributed by atoms with Crippen molar-refractivity contribution in [3.63, 3.8) is 0 Å². The number of benzene rings is 1. The Labute approximate surface area is 101 Å². The Morgan fingerprint density at radius 1 is 1.39 bits per heavy atom. The largest absolute Gasteiger partial charge is 0.385 e. The van der Waals surface area contributed by atoms with Crippen molar-refractivity contribution in [1.82, 2.24) is 9.97 Å². The van der Waals surface area contributed by atoms with Gasteiger partial charge in [0.1, 0.15) is 6.10 Å². The standard InChI is InChI=1S/C11H11N3O4/c12-10(17)9(16)8(15)5-1-2-6-7(3-5)13-4-14-11(6)18/h1-4,8-9,15-16H,(H2,12,17)(H,13,14,18). The van der Waals surface area contributed by atoms with E-state index in [1.54, 1.807) is 0 Å². The highest BCUT2D eigenvalue weighted by Gasteiger charge is 2.23. The third-order valence-electron chi connectivity index (χ3n) is 2.60. The lowest BCUT2D eigenvalue weighted by molar-refractivity contribution is -0.131. The molecule has 2 aromatic rings.